The lowest BCUT2D eigenvalue weighted by molar-refractivity contribution is -0.137. The van der Waals surface area contributed by atoms with Gasteiger partial charge in [-0.25, -0.2) is 4.79 Å². The van der Waals surface area contributed by atoms with Crippen LogP contribution in [0.3, 0.4) is 0 Å². The third-order valence-corrected chi connectivity index (χ3v) is 3.29. The number of nitrogens with zero attached hydrogens (tertiary/aromatic N) is 1. The topological polar surface area (TPSA) is 88.1 Å². The van der Waals surface area contributed by atoms with Crippen LogP contribution in [0, 0.1) is 0 Å². The van der Waals surface area contributed by atoms with Crippen molar-refractivity contribution in [1.29, 1.82) is 0 Å². The number of hydrogen-bond acceptors (Lipinski definition) is 4. The van der Waals surface area contributed by atoms with Crippen molar-refractivity contribution < 1.29 is 24.2 Å². The summed E-state index contributed by atoms with van der Waals surface area (Å²) in [5, 5.41) is 11.5. The number of nitrogens with one attached hydrogen (secondary N) is 1. The predicted molar refractivity (Wildman–Crippen MR) is 80.8 cm³/mol. The third-order valence-electron chi connectivity index (χ3n) is 2.59. The fourth-order valence-electron chi connectivity index (χ4n) is 1.54. The molecule has 0 saturated heterocycles. The van der Waals surface area contributed by atoms with Crippen LogP contribution in [0.25, 0.3) is 0 Å². The van der Waals surface area contributed by atoms with Crippen LogP contribution in [0.15, 0.2) is 22.7 Å². The zero-order valence-electron chi connectivity index (χ0n) is 11.8. The van der Waals surface area contributed by atoms with Crippen LogP contribution >= 0.6 is 15.9 Å². The Hall–Kier alpha value is -1.80. The van der Waals surface area contributed by atoms with E-state index < -0.39 is 18.5 Å². The molecule has 8 heteroatoms. The van der Waals surface area contributed by atoms with Crippen LogP contribution in [0.1, 0.15) is 0 Å². The number of amides is 2. The summed E-state index contributed by atoms with van der Waals surface area (Å²) in [6.45, 7) is 0.0208. The van der Waals surface area contributed by atoms with Crippen LogP contribution in [0.4, 0.5) is 10.5 Å². The van der Waals surface area contributed by atoms with Crippen molar-refractivity contribution in [2.75, 3.05) is 39.2 Å². The van der Waals surface area contributed by atoms with Gasteiger partial charge in [0.2, 0.25) is 0 Å². The Morgan fingerprint density at radius 2 is 2.10 bits per heavy atom. The smallest absolute Gasteiger partial charge is 0.323 e. The van der Waals surface area contributed by atoms with Gasteiger partial charge in [0.1, 0.15) is 12.3 Å². The second-order valence-corrected chi connectivity index (χ2v) is 4.94. The first kappa shape index (κ1) is 17.3. The number of benzene rings is 1. The average Bonchev–Trinajstić information content (AvgIpc) is 2.45. The zero-order valence-corrected chi connectivity index (χ0v) is 13.3. The lowest BCUT2D eigenvalue weighted by atomic mass is 10.3. The first-order valence-electron chi connectivity index (χ1n) is 6.08. The van der Waals surface area contributed by atoms with Crippen LogP contribution in [-0.2, 0) is 9.53 Å². The Bertz CT molecular complexity index is 509. The van der Waals surface area contributed by atoms with Crippen molar-refractivity contribution in [3.05, 3.63) is 22.7 Å². The Kier molecular flexibility index (Phi) is 6.97. The Morgan fingerprint density at radius 3 is 2.67 bits per heavy atom. The normalized spacial score (nSPS) is 10.0. The molecule has 0 aromatic heterocycles. The second-order valence-electron chi connectivity index (χ2n) is 4.08. The van der Waals surface area contributed by atoms with Crippen molar-refractivity contribution in [3.63, 3.8) is 0 Å². The summed E-state index contributed by atoms with van der Waals surface area (Å²) < 4.78 is 10.6. The number of hydrogen-bond donors (Lipinski definition) is 2. The number of anilines is 1. The summed E-state index contributed by atoms with van der Waals surface area (Å²) >= 11 is 3.31. The Labute approximate surface area is 131 Å². The molecule has 116 valence electrons. The van der Waals surface area contributed by atoms with Crippen molar-refractivity contribution in [2.24, 2.45) is 0 Å². The van der Waals surface area contributed by atoms with Gasteiger partial charge in [-0.3, -0.25) is 4.79 Å². The standard InChI is InChI=1S/C13H17BrN2O5/c1-20-6-5-16(8-12(17)18)13(19)15-11-7-9(21-2)3-4-10(11)14/h3-4,7H,5-6,8H2,1-2H3,(H,15,19)(H,17,18). The maximum Gasteiger partial charge on any atom is 0.323 e. The molecule has 0 heterocycles. The quantitative estimate of drug-likeness (QED) is 0.776. The minimum atomic E-state index is -1.09. The molecule has 0 fully saturated rings. The lowest BCUT2D eigenvalue weighted by Crippen LogP contribution is -2.40. The van der Waals surface area contributed by atoms with E-state index in [0.29, 0.717) is 15.9 Å². The monoisotopic (exact) mass is 360 g/mol. The number of methoxy groups -OCH3 is 2. The predicted octanol–water partition coefficient (Wildman–Crippen LogP) is 2.02. The average molecular weight is 361 g/mol. The molecule has 0 aliphatic carbocycles. The molecule has 0 radical (unpaired) electrons. The van der Waals surface area contributed by atoms with Gasteiger partial charge in [0.15, 0.2) is 0 Å². The number of carbonyl (C=O) groups excluding carboxylic acids is 1. The lowest BCUT2D eigenvalue weighted by Gasteiger charge is -2.21. The number of carboxylic acid groups (broad SMARTS) is 1. The molecule has 0 aliphatic heterocycles. The molecule has 0 saturated carbocycles. The van der Waals surface area contributed by atoms with Crippen molar-refractivity contribution in [3.8, 4) is 5.75 Å². The van der Waals surface area contributed by atoms with Crippen LogP contribution in [-0.4, -0.2) is 55.9 Å². The maximum absolute atomic E-state index is 12.1. The van der Waals surface area contributed by atoms with Gasteiger partial charge in [0, 0.05) is 24.2 Å². The summed E-state index contributed by atoms with van der Waals surface area (Å²) in [6, 6.07) is 4.57. The van der Waals surface area contributed by atoms with Gasteiger partial charge in [-0.15, -0.1) is 0 Å². The van der Waals surface area contributed by atoms with E-state index in [1.54, 1.807) is 18.2 Å². The summed E-state index contributed by atoms with van der Waals surface area (Å²) in [6.07, 6.45) is 0. The molecular formula is C13H17BrN2O5. The number of aliphatic carboxylic acids is 1. The summed E-state index contributed by atoms with van der Waals surface area (Å²) in [7, 11) is 3.00. The molecule has 0 atom stereocenters. The van der Waals surface area contributed by atoms with Crippen LogP contribution < -0.4 is 10.1 Å². The highest BCUT2D eigenvalue weighted by atomic mass is 79.9. The number of urea groups is 1. The molecule has 0 spiro atoms. The SMILES string of the molecule is COCCN(CC(=O)O)C(=O)Nc1cc(OC)ccc1Br. The second kappa shape index (κ2) is 8.48. The minimum Gasteiger partial charge on any atom is -0.497 e. The highest BCUT2D eigenvalue weighted by molar-refractivity contribution is 9.10. The number of halogens is 1. The molecule has 0 aliphatic rings. The van der Waals surface area contributed by atoms with Crippen molar-refractivity contribution in [2.45, 2.75) is 0 Å². The molecule has 1 aromatic carbocycles. The maximum atomic E-state index is 12.1. The zero-order chi connectivity index (χ0) is 15.8. The largest absolute Gasteiger partial charge is 0.497 e. The molecule has 21 heavy (non-hydrogen) atoms. The number of ether oxygens (including phenoxy) is 2. The summed E-state index contributed by atoms with van der Waals surface area (Å²) in [4.78, 5) is 24.1. The van der Waals surface area contributed by atoms with E-state index >= 15 is 0 Å². The highest BCUT2D eigenvalue weighted by Crippen LogP contribution is 2.27. The van der Waals surface area contributed by atoms with Gasteiger partial charge in [-0.1, -0.05) is 0 Å². The van der Waals surface area contributed by atoms with Gasteiger partial charge in [0.05, 0.1) is 19.4 Å². The van der Waals surface area contributed by atoms with E-state index in [1.807, 2.05) is 0 Å². The summed E-state index contributed by atoms with van der Waals surface area (Å²) in [5.41, 5.74) is 0.493. The molecular weight excluding hydrogens is 344 g/mol. The molecule has 1 aromatic rings. The minimum absolute atomic E-state index is 0.177. The van der Waals surface area contributed by atoms with Gasteiger partial charge in [0.25, 0.3) is 0 Å². The van der Waals surface area contributed by atoms with E-state index in [-0.39, 0.29) is 13.2 Å². The molecule has 7 nitrogen and oxygen atoms in total. The molecule has 2 N–H and O–H groups in total. The molecule has 0 bridgehead atoms. The van der Waals surface area contributed by atoms with Gasteiger partial charge < -0.3 is 24.8 Å². The molecule has 1 rings (SSSR count). The van der Waals surface area contributed by atoms with Gasteiger partial charge in [-0.2, -0.15) is 0 Å². The third kappa shape index (κ3) is 5.60. The van der Waals surface area contributed by atoms with E-state index in [2.05, 4.69) is 21.2 Å². The molecule has 0 unspecified atom stereocenters. The fraction of sp³-hybridized carbons (Fsp3) is 0.385. The first-order valence-corrected chi connectivity index (χ1v) is 6.87. The van der Waals surface area contributed by atoms with Crippen LogP contribution in [0.2, 0.25) is 0 Å². The number of rotatable bonds is 7. The highest BCUT2D eigenvalue weighted by Gasteiger charge is 2.17. The van der Waals surface area contributed by atoms with E-state index in [1.165, 1.54) is 14.2 Å². The van der Waals surface area contributed by atoms with Crippen molar-refractivity contribution in [1.82, 2.24) is 4.90 Å². The van der Waals surface area contributed by atoms with E-state index in [0.717, 1.165) is 4.90 Å². The molecule has 2 amide bonds. The fourth-order valence-corrected chi connectivity index (χ4v) is 1.88. The summed E-state index contributed by atoms with van der Waals surface area (Å²) in [5.74, 6) is -0.513. The van der Waals surface area contributed by atoms with E-state index in [4.69, 9.17) is 14.6 Å². The van der Waals surface area contributed by atoms with E-state index in [9.17, 15) is 9.59 Å². The van der Waals surface area contributed by atoms with Crippen molar-refractivity contribution >= 4 is 33.6 Å². The van der Waals surface area contributed by atoms with Crippen LogP contribution in [0.5, 0.6) is 5.75 Å². The first-order chi connectivity index (χ1) is 9.97. The number of carboxylic acids is 1. The Balaban J connectivity index is 2.82. The van der Waals surface area contributed by atoms with Gasteiger partial charge in [-0.05, 0) is 28.1 Å². The number of carbonyl (C=O) groups is 2. The van der Waals surface area contributed by atoms with Gasteiger partial charge >= 0.3 is 12.0 Å². The Morgan fingerprint density at radius 1 is 1.38 bits per heavy atom.